The average molecular weight is 375 g/mol. The van der Waals surface area contributed by atoms with Crippen molar-refractivity contribution >= 4 is 11.9 Å². The Balaban J connectivity index is 1.94. The molecule has 0 radical (unpaired) electrons. The maximum atomic E-state index is 12.9. The molecule has 2 aromatic rings. The van der Waals surface area contributed by atoms with E-state index in [2.05, 4.69) is 5.32 Å². The number of carboxylic acid groups (broad SMARTS) is 1. The molecule has 2 N–H and O–H groups in total. The molecule has 6 nitrogen and oxygen atoms in total. The fourth-order valence-electron chi connectivity index (χ4n) is 2.32. The zero-order valence-electron chi connectivity index (χ0n) is 15.1. The van der Waals surface area contributed by atoms with Gasteiger partial charge in [-0.15, -0.1) is 0 Å². The molecular formula is C20H22FNO5. The number of carbonyl (C=O) groups excluding carboxylic acids is 1. The topological polar surface area (TPSA) is 84.9 Å². The fraction of sp³-hybridized carbons (Fsp3) is 0.300. The van der Waals surface area contributed by atoms with E-state index >= 15 is 0 Å². The third-order valence-corrected chi connectivity index (χ3v) is 3.54. The zero-order chi connectivity index (χ0) is 19.8. The van der Waals surface area contributed by atoms with Crippen LogP contribution in [-0.4, -0.2) is 35.7 Å². The summed E-state index contributed by atoms with van der Waals surface area (Å²) >= 11 is 0. The van der Waals surface area contributed by atoms with Gasteiger partial charge in [0.15, 0.2) is 0 Å². The molecule has 2 aromatic carbocycles. The van der Waals surface area contributed by atoms with Crippen molar-refractivity contribution in [2.75, 3.05) is 6.54 Å². The summed E-state index contributed by atoms with van der Waals surface area (Å²) in [5.74, 6) is -1.23. The Hall–Kier alpha value is -3.09. The van der Waals surface area contributed by atoms with E-state index in [-0.39, 0.29) is 30.7 Å². The van der Waals surface area contributed by atoms with E-state index in [0.717, 1.165) is 0 Å². The second-order valence-electron chi connectivity index (χ2n) is 6.15. The summed E-state index contributed by atoms with van der Waals surface area (Å²) in [7, 11) is 0. The number of amides is 1. The van der Waals surface area contributed by atoms with Gasteiger partial charge in [0.25, 0.3) is 0 Å². The van der Waals surface area contributed by atoms with Gasteiger partial charge in [-0.3, -0.25) is 4.79 Å². The first-order valence-corrected chi connectivity index (χ1v) is 8.51. The van der Waals surface area contributed by atoms with Crippen LogP contribution in [-0.2, 0) is 16.0 Å². The molecule has 0 aliphatic carbocycles. The first-order chi connectivity index (χ1) is 12.8. The monoisotopic (exact) mass is 375 g/mol. The Bertz CT molecular complexity index is 776. The first-order valence-electron chi connectivity index (χ1n) is 8.51. The van der Waals surface area contributed by atoms with Gasteiger partial charge < -0.3 is 19.9 Å². The van der Waals surface area contributed by atoms with E-state index < -0.39 is 17.9 Å². The number of carboxylic acids is 1. The molecule has 0 aliphatic heterocycles. The van der Waals surface area contributed by atoms with Gasteiger partial charge in [0.1, 0.15) is 17.3 Å². The van der Waals surface area contributed by atoms with E-state index in [9.17, 15) is 19.1 Å². The van der Waals surface area contributed by atoms with Gasteiger partial charge in [0.2, 0.25) is 12.0 Å². The Morgan fingerprint density at radius 1 is 1.07 bits per heavy atom. The molecule has 2 rings (SSSR count). The maximum Gasteiger partial charge on any atom is 0.346 e. The summed E-state index contributed by atoms with van der Waals surface area (Å²) in [6.45, 7) is 3.56. The molecule has 0 fully saturated rings. The van der Waals surface area contributed by atoms with Crippen LogP contribution in [0.4, 0.5) is 4.39 Å². The van der Waals surface area contributed by atoms with Crippen LogP contribution in [0.2, 0.25) is 0 Å². The van der Waals surface area contributed by atoms with Crippen LogP contribution in [0.3, 0.4) is 0 Å². The smallest absolute Gasteiger partial charge is 0.346 e. The molecule has 0 saturated carbocycles. The molecule has 0 heterocycles. The largest absolute Gasteiger partial charge is 0.491 e. The van der Waals surface area contributed by atoms with E-state index in [1.54, 1.807) is 18.2 Å². The number of para-hydroxylation sites is 1. The normalized spacial score (nSPS) is 11.7. The molecule has 1 amide bonds. The van der Waals surface area contributed by atoms with Crippen LogP contribution in [0.5, 0.6) is 11.5 Å². The standard InChI is InChI=1S/C20H22FNO5/c1-13(2)26-17-6-4-3-5-14(17)11-19(23)22-12-18(20(24)25)27-16-9-7-15(21)8-10-16/h3-10,13,18H,11-12H2,1-2H3,(H,22,23)(H,24,25). The second-order valence-corrected chi connectivity index (χ2v) is 6.15. The van der Waals surface area contributed by atoms with Crippen LogP contribution in [0.1, 0.15) is 19.4 Å². The quantitative estimate of drug-likeness (QED) is 0.704. The number of nitrogens with one attached hydrogen (secondary N) is 1. The summed E-state index contributed by atoms with van der Waals surface area (Å²) < 4.78 is 23.9. The summed E-state index contributed by atoms with van der Waals surface area (Å²) in [6, 6.07) is 12.2. The lowest BCUT2D eigenvalue weighted by molar-refractivity contribution is -0.145. The van der Waals surface area contributed by atoms with Gasteiger partial charge >= 0.3 is 5.97 Å². The highest BCUT2D eigenvalue weighted by Crippen LogP contribution is 2.20. The molecular weight excluding hydrogens is 353 g/mol. The Morgan fingerprint density at radius 2 is 1.74 bits per heavy atom. The fourth-order valence-corrected chi connectivity index (χ4v) is 2.32. The van der Waals surface area contributed by atoms with Crippen molar-refractivity contribution in [3.05, 3.63) is 59.9 Å². The van der Waals surface area contributed by atoms with Crippen LogP contribution in [0.25, 0.3) is 0 Å². The molecule has 0 bridgehead atoms. The average Bonchev–Trinajstić information content (AvgIpc) is 2.61. The maximum absolute atomic E-state index is 12.9. The number of carbonyl (C=O) groups is 2. The predicted molar refractivity (Wildman–Crippen MR) is 97.4 cm³/mol. The number of ether oxygens (including phenoxy) is 2. The Morgan fingerprint density at radius 3 is 2.37 bits per heavy atom. The lowest BCUT2D eigenvalue weighted by Gasteiger charge is -2.17. The van der Waals surface area contributed by atoms with E-state index in [4.69, 9.17) is 9.47 Å². The van der Waals surface area contributed by atoms with Gasteiger partial charge in [-0.05, 0) is 44.2 Å². The van der Waals surface area contributed by atoms with E-state index in [1.165, 1.54) is 24.3 Å². The van der Waals surface area contributed by atoms with Gasteiger partial charge in [0, 0.05) is 5.56 Å². The van der Waals surface area contributed by atoms with Gasteiger partial charge in [-0.2, -0.15) is 0 Å². The number of hydrogen-bond donors (Lipinski definition) is 2. The summed E-state index contributed by atoms with van der Waals surface area (Å²) in [5, 5.41) is 11.8. The molecule has 0 aliphatic rings. The van der Waals surface area contributed by atoms with Gasteiger partial charge in [0.05, 0.1) is 19.1 Å². The van der Waals surface area contributed by atoms with Crippen molar-refractivity contribution in [3.63, 3.8) is 0 Å². The lowest BCUT2D eigenvalue weighted by atomic mass is 10.1. The minimum atomic E-state index is -1.29. The Kier molecular flexibility index (Phi) is 7.16. The van der Waals surface area contributed by atoms with Crippen molar-refractivity contribution in [2.45, 2.75) is 32.5 Å². The van der Waals surface area contributed by atoms with Crippen molar-refractivity contribution in [2.24, 2.45) is 0 Å². The molecule has 0 saturated heterocycles. The molecule has 7 heteroatoms. The van der Waals surface area contributed by atoms with Crippen molar-refractivity contribution < 1.29 is 28.6 Å². The second kappa shape index (κ2) is 9.56. The Labute approximate surface area is 156 Å². The van der Waals surface area contributed by atoms with Crippen LogP contribution < -0.4 is 14.8 Å². The molecule has 27 heavy (non-hydrogen) atoms. The van der Waals surface area contributed by atoms with Gasteiger partial charge in [-0.1, -0.05) is 18.2 Å². The predicted octanol–water partition coefficient (Wildman–Crippen LogP) is 2.80. The van der Waals surface area contributed by atoms with Crippen LogP contribution in [0.15, 0.2) is 48.5 Å². The number of rotatable bonds is 9. The number of halogens is 1. The minimum absolute atomic E-state index is 0.0327. The van der Waals surface area contributed by atoms with E-state index in [0.29, 0.717) is 11.3 Å². The third-order valence-electron chi connectivity index (χ3n) is 3.54. The highest BCUT2D eigenvalue weighted by atomic mass is 19.1. The lowest BCUT2D eigenvalue weighted by Crippen LogP contribution is -2.40. The highest BCUT2D eigenvalue weighted by molar-refractivity contribution is 5.80. The van der Waals surface area contributed by atoms with E-state index in [1.807, 2.05) is 19.9 Å². The summed E-state index contributed by atoms with van der Waals surface area (Å²) in [4.78, 5) is 23.6. The molecule has 1 unspecified atom stereocenters. The van der Waals surface area contributed by atoms with Crippen molar-refractivity contribution in [1.29, 1.82) is 0 Å². The number of benzene rings is 2. The minimum Gasteiger partial charge on any atom is -0.491 e. The van der Waals surface area contributed by atoms with Gasteiger partial charge in [-0.25, -0.2) is 9.18 Å². The molecule has 144 valence electrons. The number of hydrogen-bond acceptors (Lipinski definition) is 4. The van der Waals surface area contributed by atoms with Crippen LogP contribution >= 0.6 is 0 Å². The molecule has 1 atom stereocenters. The molecule has 0 spiro atoms. The molecule has 0 aromatic heterocycles. The third kappa shape index (κ3) is 6.62. The van der Waals surface area contributed by atoms with Crippen molar-refractivity contribution in [3.8, 4) is 11.5 Å². The summed E-state index contributed by atoms with van der Waals surface area (Å²) in [5.41, 5.74) is 0.704. The van der Waals surface area contributed by atoms with Crippen LogP contribution in [0, 0.1) is 5.82 Å². The highest BCUT2D eigenvalue weighted by Gasteiger charge is 2.21. The zero-order valence-corrected chi connectivity index (χ0v) is 15.1. The van der Waals surface area contributed by atoms with Crippen molar-refractivity contribution in [1.82, 2.24) is 5.32 Å². The number of aliphatic carboxylic acids is 1. The summed E-state index contributed by atoms with van der Waals surface area (Å²) in [6.07, 6.45) is -1.28. The SMILES string of the molecule is CC(C)Oc1ccccc1CC(=O)NCC(Oc1ccc(F)cc1)C(=O)O. The first kappa shape index (κ1) is 20.2.